The third-order valence-corrected chi connectivity index (χ3v) is 3.53. The number of carboxylic acid groups (broad SMARTS) is 1. The molecule has 0 saturated heterocycles. The SMILES string of the molecule is O=C(O)c1cccc(-c2noc3c4c(ccc23)OCCO4)c1. The van der Waals surface area contributed by atoms with Crippen molar-refractivity contribution in [2.24, 2.45) is 0 Å². The van der Waals surface area contributed by atoms with Crippen LogP contribution in [0.4, 0.5) is 0 Å². The number of carbonyl (C=O) groups is 1. The van der Waals surface area contributed by atoms with Crippen LogP contribution in [0.1, 0.15) is 10.4 Å². The van der Waals surface area contributed by atoms with E-state index in [4.69, 9.17) is 19.1 Å². The monoisotopic (exact) mass is 297 g/mol. The van der Waals surface area contributed by atoms with Crippen LogP contribution in [0.5, 0.6) is 11.5 Å². The molecule has 1 aliphatic rings. The maximum absolute atomic E-state index is 11.1. The number of rotatable bonds is 2. The van der Waals surface area contributed by atoms with Gasteiger partial charge >= 0.3 is 5.97 Å². The zero-order valence-electron chi connectivity index (χ0n) is 11.4. The fraction of sp³-hybridized carbons (Fsp3) is 0.125. The number of aromatic nitrogens is 1. The summed E-state index contributed by atoms with van der Waals surface area (Å²) in [5.41, 5.74) is 1.96. The van der Waals surface area contributed by atoms with Gasteiger partial charge < -0.3 is 19.1 Å². The Bertz CT molecular complexity index is 883. The minimum atomic E-state index is -0.983. The maximum Gasteiger partial charge on any atom is 0.335 e. The Kier molecular flexibility index (Phi) is 2.75. The molecule has 1 aliphatic heterocycles. The van der Waals surface area contributed by atoms with Gasteiger partial charge in [0.05, 0.1) is 10.9 Å². The molecule has 0 spiro atoms. The molecular formula is C16H11NO5. The quantitative estimate of drug-likeness (QED) is 0.783. The molecule has 110 valence electrons. The molecule has 0 amide bonds. The lowest BCUT2D eigenvalue weighted by Gasteiger charge is -2.17. The second-order valence-corrected chi connectivity index (χ2v) is 4.88. The molecule has 0 aliphatic carbocycles. The number of carboxylic acids is 1. The van der Waals surface area contributed by atoms with E-state index in [0.29, 0.717) is 41.6 Å². The molecule has 0 saturated carbocycles. The van der Waals surface area contributed by atoms with Gasteiger partial charge in [0.2, 0.25) is 11.3 Å². The molecule has 2 aromatic carbocycles. The van der Waals surface area contributed by atoms with E-state index in [-0.39, 0.29) is 5.56 Å². The van der Waals surface area contributed by atoms with E-state index in [2.05, 4.69) is 5.16 Å². The highest BCUT2D eigenvalue weighted by Crippen LogP contribution is 2.41. The van der Waals surface area contributed by atoms with Crippen LogP contribution in [0.25, 0.3) is 22.2 Å². The zero-order valence-corrected chi connectivity index (χ0v) is 11.4. The van der Waals surface area contributed by atoms with Crippen molar-refractivity contribution < 1.29 is 23.9 Å². The molecule has 1 N–H and O–H groups in total. The summed E-state index contributed by atoms with van der Waals surface area (Å²) >= 11 is 0. The molecule has 22 heavy (non-hydrogen) atoms. The molecule has 2 heterocycles. The summed E-state index contributed by atoms with van der Waals surface area (Å²) < 4.78 is 16.5. The van der Waals surface area contributed by atoms with Crippen LogP contribution < -0.4 is 9.47 Å². The minimum absolute atomic E-state index is 0.200. The molecule has 3 aromatic rings. The predicted octanol–water partition coefficient (Wildman–Crippen LogP) is 2.96. The molecule has 6 heteroatoms. The number of ether oxygens (including phenoxy) is 2. The Hall–Kier alpha value is -3.02. The summed E-state index contributed by atoms with van der Waals surface area (Å²) in [5.74, 6) is 0.182. The van der Waals surface area contributed by atoms with Crippen LogP contribution in [0, 0.1) is 0 Å². The summed E-state index contributed by atoms with van der Waals surface area (Å²) in [5, 5.41) is 13.9. The van der Waals surface area contributed by atoms with Crippen LogP contribution >= 0.6 is 0 Å². The number of fused-ring (bicyclic) bond motifs is 3. The van der Waals surface area contributed by atoms with Crippen molar-refractivity contribution in [1.82, 2.24) is 5.16 Å². The Morgan fingerprint density at radius 2 is 2.00 bits per heavy atom. The third kappa shape index (κ3) is 1.88. The summed E-state index contributed by atoms with van der Waals surface area (Å²) in [4.78, 5) is 11.1. The van der Waals surface area contributed by atoms with E-state index in [9.17, 15) is 4.79 Å². The first kappa shape index (κ1) is 12.7. The fourth-order valence-corrected chi connectivity index (χ4v) is 2.52. The number of hydrogen-bond acceptors (Lipinski definition) is 5. The van der Waals surface area contributed by atoms with Crippen molar-refractivity contribution in [3.63, 3.8) is 0 Å². The van der Waals surface area contributed by atoms with Crippen LogP contribution in [-0.4, -0.2) is 29.4 Å². The van der Waals surface area contributed by atoms with Gasteiger partial charge in [0, 0.05) is 5.56 Å². The van der Waals surface area contributed by atoms with Crippen LogP contribution in [0.3, 0.4) is 0 Å². The normalized spacial score (nSPS) is 13.3. The van der Waals surface area contributed by atoms with Crippen LogP contribution in [0.15, 0.2) is 40.9 Å². The highest BCUT2D eigenvalue weighted by atomic mass is 16.6. The van der Waals surface area contributed by atoms with E-state index in [1.165, 1.54) is 6.07 Å². The van der Waals surface area contributed by atoms with E-state index < -0.39 is 5.97 Å². The van der Waals surface area contributed by atoms with Gasteiger partial charge in [0.25, 0.3) is 0 Å². The van der Waals surface area contributed by atoms with Gasteiger partial charge in [-0.25, -0.2) is 4.79 Å². The van der Waals surface area contributed by atoms with Crippen LogP contribution in [-0.2, 0) is 0 Å². The molecule has 0 atom stereocenters. The van der Waals surface area contributed by atoms with Gasteiger partial charge in [0.1, 0.15) is 18.9 Å². The van der Waals surface area contributed by atoms with E-state index >= 15 is 0 Å². The molecule has 0 radical (unpaired) electrons. The third-order valence-electron chi connectivity index (χ3n) is 3.53. The number of hydrogen-bond donors (Lipinski definition) is 1. The first-order valence-corrected chi connectivity index (χ1v) is 6.76. The topological polar surface area (TPSA) is 81.8 Å². The average Bonchev–Trinajstić information content (AvgIpc) is 2.99. The van der Waals surface area contributed by atoms with Gasteiger partial charge in [-0.1, -0.05) is 17.3 Å². The van der Waals surface area contributed by atoms with Crippen LogP contribution in [0.2, 0.25) is 0 Å². The average molecular weight is 297 g/mol. The number of benzene rings is 2. The molecular weight excluding hydrogens is 286 g/mol. The van der Waals surface area contributed by atoms with Gasteiger partial charge in [-0.3, -0.25) is 0 Å². The highest BCUT2D eigenvalue weighted by Gasteiger charge is 2.21. The number of aromatic carboxylic acids is 1. The lowest BCUT2D eigenvalue weighted by atomic mass is 10.0. The Balaban J connectivity index is 1.90. The van der Waals surface area contributed by atoms with Gasteiger partial charge in [-0.05, 0) is 24.3 Å². The fourth-order valence-electron chi connectivity index (χ4n) is 2.52. The molecule has 0 fully saturated rings. The molecule has 0 bridgehead atoms. The van der Waals surface area contributed by atoms with Crippen molar-refractivity contribution in [2.45, 2.75) is 0 Å². The molecule has 0 unspecified atom stereocenters. The van der Waals surface area contributed by atoms with Crippen molar-refractivity contribution in [3.05, 3.63) is 42.0 Å². The van der Waals surface area contributed by atoms with Crippen molar-refractivity contribution >= 4 is 16.9 Å². The zero-order chi connectivity index (χ0) is 15.1. The van der Waals surface area contributed by atoms with Gasteiger partial charge in [0.15, 0.2) is 5.75 Å². The standard InChI is InChI=1S/C16H11NO5/c18-16(19)10-3-1-2-9(8-10)13-11-4-5-12-15(14(11)22-17-13)21-7-6-20-12/h1-5,8H,6-7H2,(H,18,19). The summed E-state index contributed by atoms with van der Waals surface area (Å²) in [6.45, 7) is 0.955. The number of nitrogens with zero attached hydrogens (tertiary/aromatic N) is 1. The van der Waals surface area contributed by atoms with Gasteiger partial charge in [-0.2, -0.15) is 0 Å². The summed E-state index contributed by atoms with van der Waals surface area (Å²) in [6.07, 6.45) is 0. The Morgan fingerprint density at radius 3 is 2.86 bits per heavy atom. The second-order valence-electron chi connectivity index (χ2n) is 4.88. The molecule has 1 aromatic heterocycles. The second kappa shape index (κ2) is 4.77. The van der Waals surface area contributed by atoms with E-state index in [1.54, 1.807) is 24.3 Å². The lowest BCUT2D eigenvalue weighted by molar-refractivity contribution is 0.0697. The van der Waals surface area contributed by atoms with Crippen molar-refractivity contribution in [3.8, 4) is 22.8 Å². The largest absolute Gasteiger partial charge is 0.486 e. The predicted molar refractivity (Wildman–Crippen MR) is 77.4 cm³/mol. The van der Waals surface area contributed by atoms with E-state index in [0.717, 1.165) is 5.39 Å². The lowest BCUT2D eigenvalue weighted by Crippen LogP contribution is -2.15. The van der Waals surface area contributed by atoms with Crippen molar-refractivity contribution in [2.75, 3.05) is 13.2 Å². The summed E-state index contributed by atoms with van der Waals surface area (Å²) in [7, 11) is 0. The first-order valence-electron chi connectivity index (χ1n) is 6.76. The molecule has 6 nitrogen and oxygen atoms in total. The smallest absolute Gasteiger partial charge is 0.335 e. The molecule has 4 rings (SSSR count). The Morgan fingerprint density at radius 1 is 1.14 bits per heavy atom. The Labute approximate surface area is 124 Å². The highest BCUT2D eigenvalue weighted by molar-refractivity contribution is 5.97. The minimum Gasteiger partial charge on any atom is -0.486 e. The maximum atomic E-state index is 11.1. The first-order chi connectivity index (χ1) is 10.7. The van der Waals surface area contributed by atoms with Gasteiger partial charge in [-0.15, -0.1) is 0 Å². The van der Waals surface area contributed by atoms with Crippen molar-refractivity contribution in [1.29, 1.82) is 0 Å². The summed E-state index contributed by atoms with van der Waals surface area (Å²) in [6, 6.07) is 10.2. The van der Waals surface area contributed by atoms with E-state index in [1.807, 2.05) is 6.07 Å².